The van der Waals surface area contributed by atoms with Crippen molar-refractivity contribution in [2.45, 2.75) is 51.5 Å². The molecule has 1 fully saturated rings. The molecule has 26 heavy (non-hydrogen) atoms. The number of halogens is 1. The minimum Gasteiger partial charge on any atom is -0.495 e. The van der Waals surface area contributed by atoms with Crippen LogP contribution in [-0.4, -0.2) is 43.5 Å². The predicted octanol–water partition coefficient (Wildman–Crippen LogP) is 3.87. The van der Waals surface area contributed by atoms with Crippen LogP contribution in [0.15, 0.2) is 12.1 Å². The van der Waals surface area contributed by atoms with Crippen molar-refractivity contribution in [3.8, 4) is 11.5 Å². The van der Waals surface area contributed by atoms with E-state index in [2.05, 4.69) is 5.32 Å². The molecule has 1 aliphatic rings. The van der Waals surface area contributed by atoms with Crippen LogP contribution in [0.4, 0.5) is 5.69 Å². The van der Waals surface area contributed by atoms with E-state index in [1.54, 1.807) is 17.0 Å². The molecule has 0 aliphatic heterocycles. The van der Waals surface area contributed by atoms with Gasteiger partial charge in [0, 0.05) is 25.1 Å². The van der Waals surface area contributed by atoms with E-state index in [0.29, 0.717) is 22.2 Å². The lowest BCUT2D eigenvalue weighted by Gasteiger charge is -2.29. The van der Waals surface area contributed by atoms with Gasteiger partial charge in [0.1, 0.15) is 18.0 Å². The van der Waals surface area contributed by atoms with E-state index in [1.807, 2.05) is 0 Å². The third-order valence-corrected chi connectivity index (χ3v) is 5.03. The molecule has 1 N–H and O–H groups in total. The van der Waals surface area contributed by atoms with Crippen molar-refractivity contribution < 1.29 is 19.1 Å². The maximum atomic E-state index is 12.6. The minimum absolute atomic E-state index is 0.0219. The van der Waals surface area contributed by atoms with Crippen LogP contribution in [0.25, 0.3) is 0 Å². The van der Waals surface area contributed by atoms with E-state index in [1.165, 1.54) is 34.0 Å². The Morgan fingerprint density at radius 3 is 2.27 bits per heavy atom. The lowest BCUT2D eigenvalue weighted by molar-refractivity contribution is -0.135. The van der Waals surface area contributed by atoms with E-state index < -0.39 is 0 Å². The molecule has 0 spiro atoms. The van der Waals surface area contributed by atoms with Gasteiger partial charge >= 0.3 is 0 Å². The summed E-state index contributed by atoms with van der Waals surface area (Å²) in [5, 5.41) is 3.20. The van der Waals surface area contributed by atoms with Gasteiger partial charge in [-0.25, -0.2) is 0 Å². The smallest absolute Gasteiger partial charge is 0.244 e. The summed E-state index contributed by atoms with van der Waals surface area (Å²) in [5.41, 5.74) is 0.461. The van der Waals surface area contributed by atoms with E-state index in [4.69, 9.17) is 21.1 Å². The summed E-state index contributed by atoms with van der Waals surface area (Å²) in [6.07, 6.45) is 6.47. The second-order valence-corrected chi connectivity index (χ2v) is 6.93. The maximum Gasteiger partial charge on any atom is 0.244 e. The Bertz CT molecular complexity index is 643. The fourth-order valence-electron chi connectivity index (χ4n) is 3.37. The van der Waals surface area contributed by atoms with Crippen molar-refractivity contribution in [2.75, 3.05) is 26.1 Å². The van der Waals surface area contributed by atoms with Crippen molar-refractivity contribution in [3.05, 3.63) is 17.2 Å². The van der Waals surface area contributed by atoms with Crippen LogP contribution >= 0.6 is 11.6 Å². The number of benzene rings is 1. The number of hydrogen-bond acceptors (Lipinski definition) is 4. The Morgan fingerprint density at radius 2 is 1.73 bits per heavy atom. The normalized spacial score (nSPS) is 15.1. The van der Waals surface area contributed by atoms with Gasteiger partial charge in [-0.2, -0.15) is 0 Å². The highest BCUT2D eigenvalue weighted by Crippen LogP contribution is 2.35. The van der Waals surface area contributed by atoms with Crippen LogP contribution in [0.5, 0.6) is 11.5 Å². The first-order valence-corrected chi connectivity index (χ1v) is 9.32. The van der Waals surface area contributed by atoms with Crippen molar-refractivity contribution >= 4 is 29.1 Å². The van der Waals surface area contributed by atoms with Crippen LogP contribution in [0.3, 0.4) is 0 Å². The molecular formula is C19H27ClN2O4. The molecule has 0 radical (unpaired) electrons. The van der Waals surface area contributed by atoms with Crippen LogP contribution in [0, 0.1) is 0 Å². The highest BCUT2D eigenvalue weighted by atomic mass is 35.5. The number of methoxy groups -OCH3 is 2. The SMILES string of the molecule is COc1cc(NC(=O)CN(C(C)=O)C2CCCCCC2)c(OC)cc1Cl. The maximum absolute atomic E-state index is 12.6. The molecule has 0 bridgehead atoms. The number of carbonyl (C=O) groups excluding carboxylic acids is 2. The molecule has 6 nitrogen and oxygen atoms in total. The van der Waals surface area contributed by atoms with E-state index >= 15 is 0 Å². The molecule has 1 saturated carbocycles. The van der Waals surface area contributed by atoms with Gasteiger partial charge in [-0.1, -0.05) is 37.3 Å². The van der Waals surface area contributed by atoms with Crippen LogP contribution < -0.4 is 14.8 Å². The van der Waals surface area contributed by atoms with E-state index in [9.17, 15) is 9.59 Å². The summed E-state index contributed by atoms with van der Waals surface area (Å²) in [7, 11) is 3.00. The lowest BCUT2D eigenvalue weighted by Crippen LogP contribution is -2.43. The molecular weight excluding hydrogens is 356 g/mol. The Kier molecular flexibility index (Phi) is 7.57. The first-order chi connectivity index (χ1) is 12.5. The van der Waals surface area contributed by atoms with Crippen molar-refractivity contribution in [1.82, 2.24) is 4.90 Å². The summed E-state index contributed by atoms with van der Waals surface area (Å²) in [5.74, 6) is 0.530. The number of nitrogens with zero attached hydrogens (tertiary/aromatic N) is 1. The highest BCUT2D eigenvalue weighted by molar-refractivity contribution is 6.32. The third-order valence-electron chi connectivity index (χ3n) is 4.73. The standard InChI is InChI=1S/C19H27ClN2O4/c1-13(23)22(14-8-6-4-5-7-9-14)12-19(24)21-16-11-17(25-2)15(20)10-18(16)26-3/h10-11,14H,4-9,12H2,1-3H3,(H,21,24). The summed E-state index contributed by atoms with van der Waals surface area (Å²) < 4.78 is 10.5. The fourth-order valence-corrected chi connectivity index (χ4v) is 3.60. The van der Waals surface area contributed by atoms with Gasteiger partial charge in [0.15, 0.2) is 0 Å². The molecule has 2 amide bonds. The zero-order valence-electron chi connectivity index (χ0n) is 15.6. The first-order valence-electron chi connectivity index (χ1n) is 8.94. The number of ether oxygens (including phenoxy) is 2. The Morgan fingerprint density at radius 1 is 1.12 bits per heavy atom. The van der Waals surface area contributed by atoms with Gasteiger partial charge in [0.2, 0.25) is 11.8 Å². The van der Waals surface area contributed by atoms with Crippen LogP contribution in [0.1, 0.15) is 45.4 Å². The average molecular weight is 383 g/mol. The molecule has 0 unspecified atom stereocenters. The largest absolute Gasteiger partial charge is 0.495 e. The minimum atomic E-state index is -0.271. The molecule has 144 valence electrons. The van der Waals surface area contributed by atoms with Crippen LogP contribution in [-0.2, 0) is 9.59 Å². The number of carbonyl (C=O) groups is 2. The zero-order valence-corrected chi connectivity index (χ0v) is 16.4. The molecule has 0 atom stereocenters. The second kappa shape index (κ2) is 9.67. The summed E-state index contributed by atoms with van der Waals surface area (Å²) in [6.45, 7) is 1.54. The summed E-state index contributed by atoms with van der Waals surface area (Å²) in [4.78, 5) is 26.4. The third kappa shape index (κ3) is 5.27. The van der Waals surface area contributed by atoms with Crippen molar-refractivity contribution in [1.29, 1.82) is 0 Å². The van der Waals surface area contributed by atoms with Gasteiger partial charge in [-0.3, -0.25) is 9.59 Å². The molecule has 0 aromatic heterocycles. The van der Waals surface area contributed by atoms with Gasteiger partial charge in [0.05, 0.1) is 24.9 Å². The molecule has 2 rings (SSSR count). The molecule has 0 heterocycles. The molecule has 1 aromatic rings. The van der Waals surface area contributed by atoms with Crippen LogP contribution in [0.2, 0.25) is 5.02 Å². The van der Waals surface area contributed by atoms with E-state index in [0.717, 1.165) is 25.7 Å². The Hall–Kier alpha value is -1.95. The first kappa shape index (κ1) is 20.4. The molecule has 7 heteroatoms. The fraction of sp³-hybridized carbons (Fsp3) is 0.579. The monoisotopic (exact) mass is 382 g/mol. The number of hydrogen-bond donors (Lipinski definition) is 1. The Labute approximate surface area is 159 Å². The van der Waals surface area contributed by atoms with Crippen molar-refractivity contribution in [2.24, 2.45) is 0 Å². The predicted molar refractivity (Wildman–Crippen MR) is 102 cm³/mol. The second-order valence-electron chi connectivity index (χ2n) is 6.53. The van der Waals surface area contributed by atoms with Gasteiger partial charge in [-0.15, -0.1) is 0 Å². The molecule has 0 saturated heterocycles. The lowest BCUT2D eigenvalue weighted by atomic mass is 10.1. The van der Waals surface area contributed by atoms with Gasteiger partial charge in [-0.05, 0) is 12.8 Å². The number of amides is 2. The summed E-state index contributed by atoms with van der Waals surface area (Å²) >= 11 is 6.09. The molecule has 1 aliphatic carbocycles. The number of anilines is 1. The average Bonchev–Trinajstić information content (AvgIpc) is 2.89. The van der Waals surface area contributed by atoms with Gasteiger partial charge in [0.25, 0.3) is 0 Å². The van der Waals surface area contributed by atoms with Gasteiger partial charge < -0.3 is 19.7 Å². The van der Waals surface area contributed by atoms with E-state index in [-0.39, 0.29) is 24.4 Å². The topological polar surface area (TPSA) is 67.9 Å². The quantitative estimate of drug-likeness (QED) is 0.758. The molecule has 1 aromatic carbocycles. The Balaban J connectivity index is 2.11. The zero-order chi connectivity index (χ0) is 19.1. The summed E-state index contributed by atoms with van der Waals surface area (Å²) in [6, 6.07) is 3.33. The number of rotatable bonds is 6. The number of nitrogens with one attached hydrogen (secondary N) is 1. The van der Waals surface area contributed by atoms with Crippen molar-refractivity contribution in [3.63, 3.8) is 0 Å². The highest BCUT2D eigenvalue weighted by Gasteiger charge is 2.25.